The number of carbonyl (C=O) groups is 1. The molecule has 78 valence electrons. The summed E-state index contributed by atoms with van der Waals surface area (Å²) in [6.07, 6.45) is 0.551. The molecule has 15 heavy (non-hydrogen) atoms. The number of nitrogens with zero attached hydrogens (tertiary/aromatic N) is 1. The van der Waals surface area contributed by atoms with E-state index in [1.54, 1.807) is 18.3 Å². The summed E-state index contributed by atoms with van der Waals surface area (Å²) in [4.78, 5) is 10.9. The molecule has 1 heterocycles. The highest BCUT2D eigenvalue weighted by atomic mass is 32.1. The fourth-order valence-electron chi connectivity index (χ4n) is 1.49. The monoisotopic (exact) mass is 237 g/mol. The van der Waals surface area contributed by atoms with E-state index in [2.05, 4.69) is 6.07 Å². The Balaban J connectivity index is 2.45. The summed E-state index contributed by atoms with van der Waals surface area (Å²) in [6, 6.07) is 8.10. The van der Waals surface area contributed by atoms with E-state index in [-0.39, 0.29) is 5.78 Å². The van der Waals surface area contributed by atoms with Crippen LogP contribution in [0.1, 0.15) is 13.3 Å². The number of carbonyl (C=O) groups excluding carboxylic acids is 1. The van der Waals surface area contributed by atoms with E-state index < -0.39 is 0 Å². The third-order valence-corrected chi connectivity index (χ3v) is 3.69. The maximum Gasteiger partial charge on any atom is 0.162 e. The molecule has 0 aliphatic carbocycles. The lowest BCUT2D eigenvalue weighted by atomic mass is 10.3. The Hall–Kier alpha value is -1.00. The minimum absolute atomic E-state index is 0.201. The third kappa shape index (κ3) is 2.16. The molecule has 0 spiro atoms. The zero-order valence-corrected chi connectivity index (χ0v) is 10.0. The highest BCUT2D eigenvalue weighted by molar-refractivity contribution is 7.73. The van der Waals surface area contributed by atoms with Crippen LogP contribution in [-0.2, 0) is 11.3 Å². The Morgan fingerprint density at radius 2 is 2.20 bits per heavy atom. The summed E-state index contributed by atoms with van der Waals surface area (Å²) < 4.78 is 4.07. The number of thiazole rings is 1. The van der Waals surface area contributed by atoms with Gasteiger partial charge in [-0.1, -0.05) is 12.1 Å². The Labute approximate surface area is 97.2 Å². The molecule has 4 heteroatoms. The molecule has 0 aliphatic rings. The smallest absolute Gasteiger partial charge is 0.162 e. The second-order valence-corrected chi connectivity index (χ2v) is 5.12. The quantitative estimate of drug-likeness (QED) is 0.763. The van der Waals surface area contributed by atoms with Crippen molar-refractivity contribution >= 4 is 39.6 Å². The van der Waals surface area contributed by atoms with Crippen molar-refractivity contribution in [3.8, 4) is 0 Å². The number of aromatic nitrogens is 1. The van der Waals surface area contributed by atoms with E-state index in [1.807, 2.05) is 22.8 Å². The van der Waals surface area contributed by atoms with Crippen molar-refractivity contribution in [1.82, 2.24) is 4.57 Å². The normalized spacial score (nSPS) is 10.7. The molecule has 2 rings (SSSR count). The summed E-state index contributed by atoms with van der Waals surface area (Å²) in [5, 5.41) is 0. The van der Waals surface area contributed by atoms with Gasteiger partial charge in [0.1, 0.15) is 5.78 Å². The number of hydrogen-bond donors (Lipinski definition) is 0. The number of hydrogen-bond acceptors (Lipinski definition) is 3. The van der Waals surface area contributed by atoms with Crippen molar-refractivity contribution < 1.29 is 4.79 Å². The molecular formula is C11H11NOS2. The van der Waals surface area contributed by atoms with Crippen LogP contribution in [-0.4, -0.2) is 10.4 Å². The summed E-state index contributed by atoms with van der Waals surface area (Å²) in [5.41, 5.74) is 1.13. The topological polar surface area (TPSA) is 22.0 Å². The van der Waals surface area contributed by atoms with Gasteiger partial charge in [0.25, 0.3) is 0 Å². The largest absolute Gasteiger partial charge is 0.323 e. The lowest BCUT2D eigenvalue weighted by molar-refractivity contribution is -0.117. The first-order valence-electron chi connectivity index (χ1n) is 4.76. The standard InChI is InChI=1S/C11H11NOS2/c1-8(13)6-7-12-9-4-2-3-5-10(9)15-11(12)14/h2-5H,6-7H2,1H3. The molecule has 0 radical (unpaired) electrons. The Bertz CT molecular complexity index is 553. The Morgan fingerprint density at radius 3 is 2.93 bits per heavy atom. The number of rotatable bonds is 3. The molecule has 0 N–H and O–H groups in total. The molecular weight excluding hydrogens is 226 g/mol. The first-order chi connectivity index (χ1) is 7.18. The van der Waals surface area contributed by atoms with Gasteiger partial charge in [-0.3, -0.25) is 4.79 Å². The molecule has 0 saturated carbocycles. The minimum atomic E-state index is 0.201. The molecule has 0 aliphatic heterocycles. The molecule has 1 aromatic carbocycles. The molecule has 2 aromatic rings. The number of benzene rings is 1. The van der Waals surface area contributed by atoms with E-state index >= 15 is 0 Å². The van der Waals surface area contributed by atoms with Crippen molar-refractivity contribution in [2.45, 2.75) is 19.9 Å². The average molecular weight is 237 g/mol. The van der Waals surface area contributed by atoms with Gasteiger partial charge in [-0.15, -0.1) is 11.3 Å². The fourth-order valence-corrected chi connectivity index (χ4v) is 2.87. The van der Waals surface area contributed by atoms with Crippen LogP contribution >= 0.6 is 23.6 Å². The van der Waals surface area contributed by atoms with Crippen LogP contribution in [0.15, 0.2) is 24.3 Å². The van der Waals surface area contributed by atoms with Crippen molar-refractivity contribution in [2.75, 3.05) is 0 Å². The van der Waals surface area contributed by atoms with Gasteiger partial charge in [0.15, 0.2) is 3.95 Å². The Morgan fingerprint density at radius 1 is 1.47 bits per heavy atom. The second kappa shape index (κ2) is 4.24. The third-order valence-electron chi connectivity index (χ3n) is 2.26. The number of aryl methyl sites for hydroxylation is 1. The van der Waals surface area contributed by atoms with Crippen LogP contribution in [0.4, 0.5) is 0 Å². The van der Waals surface area contributed by atoms with Crippen molar-refractivity contribution in [3.63, 3.8) is 0 Å². The van der Waals surface area contributed by atoms with Gasteiger partial charge >= 0.3 is 0 Å². The van der Waals surface area contributed by atoms with E-state index in [1.165, 1.54) is 4.70 Å². The van der Waals surface area contributed by atoms with Crippen molar-refractivity contribution in [3.05, 3.63) is 28.2 Å². The Kier molecular flexibility index (Phi) is 2.98. The van der Waals surface area contributed by atoms with Crippen molar-refractivity contribution in [1.29, 1.82) is 0 Å². The van der Waals surface area contributed by atoms with Crippen LogP contribution in [0.3, 0.4) is 0 Å². The lowest BCUT2D eigenvalue weighted by Gasteiger charge is -2.01. The fraction of sp³-hybridized carbons (Fsp3) is 0.273. The van der Waals surface area contributed by atoms with Crippen LogP contribution in [0.5, 0.6) is 0 Å². The second-order valence-electron chi connectivity index (χ2n) is 3.44. The lowest BCUT2D eigenvalue weighted by Crippen LogP contribution is -2.01. The predicted octanol–water partition coefficient (Wildman–Crippen LogP) is 3.41. The van der Waals surface area contributed by atoms with Crippen molar-refractivity contribution in [2.24, 2.45) is 0 Å². The summed E-state index contributed by atoms with van der Waals surface area (Å²) in [7, 11) is 0. The summed E-state index contributed by atoms with van der Waals surface area (Å²) in [5.74, 6) is 0.201. The predicted molar refractivity (Wildman–Crippen MR) is 65.9 cm³/mol. The summed E-state index contributed by atoms with van der Waals surface area (Å²) in [6.45, 7) is 2.30. The molecule has 0 amide bonds. The van der Waals surface area contributed by atoms with Crippen LogP contribution in [0.2, 0.25) is 0 Å². The van der Waals surface area contributed by atoms with E-state index in [4.69, 9.17) is 12.2 Å². The molecule has 0 atom stereocenters. The van der Waals surface area contributed by atoms with E-state index in [9.17, 15) is 4.79 Å². The number of ketones is 1. The van der Waals surface area contributed by atoms with Gasteiger partial charge in [-0.25, -0.2) is 0 Å². The van der Waals surface area contributed by atoms with Gasteiger partial charge in [-0.05, 0) is 31.3 Å². The first kappa shape index (κ1) is 10.5. The molecule has 1 aromatic heterocycles. The SMILES string of the molecule is CC(=O)CCn1c(=S)sc2ccccc21. The molecule has 2 nitrogen and oxygen atoms in total. The van der Waals surface area contributed by atoms with Gasteiger partial charge in [0, 0.05) is 13.0 Å². The molecule has 0 fully saturated rings. The molecule has 0 saturated heterocycles. The highest BCUT2D eigenvalue weighted by Crippen LogP contribution is 2.22. The maximum atomic E-state index is 10.9. The minimum Gasteiger partial charge on any atom is -0.323 e. The number of fused-ring (bicyclic) bond motifs is 1. The van der Waals surface area contributed by atoms with Gasteiger partial charge in [-0.2, -0.15) is 0 Å². The zero-order chi connectivity index (χ0) is 10.8. The van der Waals surface area contributed by atoms with E-state index in [0.29, 0.717) is 13.0 Å². The van der Waals surface area contributed by atoms with Gasteiger partial charge in [0.2, 0.25) is 0 Å². The number of para-hydroxylation sites is 1. The zero-order valence-electron chi connectivity index (χ0n) is 8.40. The maximum absolute atomic E-state index is 10.9. The average Bonchev–Trinajstić information content (AvgIpc) is 2.50. The first-order valence-corrected chi connectivity index (χ1v) is 5.99. The molecule has 0 bridgehead atoms. The van der Waals surface area contributed by atoms with Gasteiger partial charge in [0.05, 0.1) is 10.2 Å². The van der Waals surface area contributed by atoms with E-state index in [0.717, 1.165) is 9.47 Å². The summed E-state index contributed by atoms with van der Waals surface area (Å²) >= 11 is 6.87. The van der Waals surface area contributed by atoms with Crippen LogP contribution < -0.4 is 0 Å². The number of Topliss-reactive ketones (excluding diaryl/α,β-unsaturated/α-hetero) is 1. The highest BCUT2D eigenvalue weighted by Gasteiger charge is 2.04. The van der Waals surface area contributed by atoms with Crippen LogP contribution in [0.25, 0.3) is 10.2 Å². The van der Waals surface area contributed by atoms with Crippen LogP contribution in [0, 0.1) is 3.95 Å². The van der Waals surface area contributed by atoms with Gasteiger partial charge < -0.3 is 4.57 Å². The molecule has 0 unspecified atom stereocenters.